The maximum atomic E-state index is 15.5. The van der Waals surface area contributed by atoms with Crippen molar-refractivity contribution in [2.45, 2.75) is 25.3 Å². The molecule has 6 N–H and O–H groups in total. The summed E-state index contributed by atoms with van der Waals surface area (Å²) in [5.74, 6) is -6.92. The quantitative estimate of drug-likeness (QED) is 0.0938. The number of anilines is 2. The van der Waals surface area contributed by atoms with Gasteiger partial charge in [-0.05, 0) is 78.9 Å². The van der Waals surface area contributed by atoms with E-state index in [0.717, 1.165) is 24.3 Å². The number of nitrogens with two attached hydrogens (primary N) is 1. The molecule has 0 saturated carbocycles. The first-order valence-electron chi connectivity index (χ1n) is 16.7. The Labute approximate surface area is 319 Å². The zero-order chi connectivity index (χ0) is 40.6. The second kappa shape index (κ2) is 17.1. The van der Waals surface area contributed by atoms with Gasteiger partial charge < -0.3 is 31.3 Å². The van der Waals surface area contributed by atoms with E-state index < -0.39 is 65.1 Å². The van der Waals surface area contributed by atoms with Crippen molar-refractivity contribution in [1.82, 2.24) is 39.5 Å². The number of amides is 2. The van der Waals surface area contributed by atoms with Crippen LogP contribution in [0.3, 0.4) is 0 Å². The van der Waals surface area contributed by atoms with Gasteiger partial charge in [-0.1, -0.05) is 0 Å². The monoisotopic (exact) mass is 781 g/mol. The summed E-state index contributed by atoms with van der Waals surface area (Å²) >= 11 is 0. The number of benzene rings is 2. The van der Waals surface area contributed by atoms with Gasteiger partial charge in [0.05, 0.1) is 22.5 Å². The SMILES string of the molecule is N[C@@H](COC(=O)c1cc(F)c(CCCc2cc(NC(=O)c3ccc(-n4ccnc4)nn3)c(C(=O)O)cc2F)cc1NC(=O)c1ccc(-n2ccnc2)nn1)C(=O)O. The molecule has 0 saturated heterocycles. The number of carboxylic acids is 2. The molecule has 4 heterocycles. The number of aromatic carboxylic acids is 1. The molecule has 290 valence electrons. The minimum absolute atomic E-state index is 0.0153. The van der Waals surface area contributed by atoms with E-state index in [1.54, 1.807) is 21.5 Å². The van der Waals surface area contributed by atoms with E-state index in [0.29, 0.717) is 11.6 Å². The van der Waals surface area contributed by atoms with Gasteiger partial charge in [0.2, 0.25) is 0 Å². The van der Waals surface area contributed by atoms with Gasteiger partial charge in [-0.25, -0.2) is 28.3 Å². The largest absolute Gasteiger partial charge is 0.480 e. The summed E-state index contributed by atoms with van der Waals surface area (Å²) in [6.07, 6.45) is 9.09. The van der Waals surface area contributed by atoms with Gasteiger partial charge in [0.15, 0.2) is 23.0 Å². The fourth-order valence-electron chi connectivity index (χ4n) is 5.29. The minimum atomic E-state index is -1.58. The molecule has 0 fully saturated rings. The van der Waals surface area contributed by atoms with Crippen LogP contribution in [0, 0.1) is 11.6 Å². The number of aryl methyl sites for hydroxylation is 2. The second-order valence-electron chi connectivity index (χ2n) is 12.1. The number of hydrogen-bond acceptors (Lipinski definition) is 13. The van der Waals surface area contributed by atoms with Crippen molar-refractivity contribution in [3.05, 3.63) is 131 Å². The molecule has 2 aromatic carbocycles. The van der Waals surface area contributed by atoms with Gasteiger partial charge in [0.1, 0.15) is 36.9 Å². The van der Waals surface area contributed by atoms with Crippen LogP contribution >= 0.6 is 0 Å². The number of carbonyl (C=O) groups is 5. The summed E-state index contributed by atoms with van der Waals surface area (Å²) in [7, 11) is 0. The molecule has 21 heteroatoms. The molecule has 0 spiro atoms. The lowest BCUT2D eigenvalue weighted by Crippen LogP contribution is -2.35. The zero-order valence-corrected chi connectivity index (χ0v) is 29.2. The molecule has 6 rings (SSSR count). The van der Waals surface area contributed by atoms with Crippen LogP contribution in [0.5, 0.6) is 0 Å². The van der Waals surface area contributed by atoms with Crippen molar-refractivity contribution in [2.24, 2.45) is 5.73 Å². The van der Waals surface area contributed by atoms with Crippen molar-refractivity contribution in [1.29, 1.82) is 0 Å². The molecular formula is C36H29F2N11O8. The second-order valence-corrected chi connectivity index (χ2v) is 12.1. The van der Waals surface area contributed by atoms with Crippen molar-refractivity contribution >= 4 is 41.1 Å². The van der Waals surface area contributed by atoms with E-state index in [9.17, 15) is 29.1 Å². The van der Waals surface area contributed by atoms with Gasteiger partial charge in [-0.15, -0.1) is 20.4 Å². The number of nitrogens with one attached hydrogen (secondary N) is 2. The van der Waals surface area contributed by atoms with Crippen LogP contribution in [-0.4, -0.2) is 92.1 Å². The Morgan fingerprint density at radius 2 is 1.21 bits per heavy atom. The maximum Gasteiger partial charge on any atom is 0.340 e. The Morgan fingerprint density at radius 3 is 1.63 bits per heavy atom. The highest BCUT2D eigenvalue weighted by atomic mass is 19.1. The number of aliphatic carboxylic acids is 1. The highest BCUT2D eigenvalue weighted by molar-refractivity contribution is 6.08. The summed E-state index contributed by atoms with van der Waals surface area (Å²) in [5, 5.41) is 39.4. The van der Waals surface area contributed by atoms with Crippen LogP contribution in [0.25, 0.3) is 11.6 Å². The maximum absolute atomic E-state index is 15.5. The fourth-order valence-corrected chi connectivity index (χ4v) is 5.29. The van der Waals surface area contributed by atoms with Gasteiger partial charge in [0.25, 0.3) is 11.8 Å². The van der Waals surface area contributed by atoms with Crippen LogP contribution in [0.4, 0.5) is 20.2 Å². The number of halogens is 2. The number of nitrogens with zero attached hydrogens (tertiary/aromatic N) is 8. The van der Waals surface area contributed by atoms with Crippen LogP contribution < -0.4 is 16.4 Å². The number of carboxylic acid groups (broad SMARTS) is 2. The van der Waals surface area contributed by atoms with Gasteiger partial charge in [-0.3, -0.25) is 23.5 Å². The predicted molar refractivity (Wildman–Crippen MR) is 192 cm³/mol. The predicted octanol–water partition coefficient (Wildman–Crippen LogP) is 2.86. The van der Waals surface area contributed by atoms with Crippen molar-refractivity contribution in [3.8, 4) is 11.6 Å². The molecule has 19 nitrogen and oxygen atoms in total. The van der Waals surface area contributed by atoms with Crippen molar-refractivity contribution < 1.29 is 47.7 Å². The third-order valence-electron chi connectivity index (χ3n) is 8.23. The number of ether oxygens (including phenoxy) is 1. The Balaban J connectivity index is 1.20. The van der Waals surface area contributed by atoms with Gasteiger partial charge >= 0.3 is 17.9 Å². The number of esters is 1. The van der Waals surface area contributed by atoms with Gasteiger partial charge in [-0.2, -0.15) is 0 Å². The highest BCUT2D eigenvalue weighted by Gasteiger charge is 2.23. The first-order chi connectivity index (χ1) is 27.4. The normalized spacial score (nSPS) is 11.4. The third kappa shape index (κ3) is 9.29. The zero-order valence-electron chi connectivity index (χ0n) is 29.2. The first kappa shape index (κ1) is 38.9. The van der Waals surface area contributed by atoms with E-state index in [1.165, 1.54) is 49.3 Å². The molecule has 57 heavy (non-hydrogen) atoms. The number of carbonyl (C=O) groups excluding carboxylic acids is 3. The van der Waals surface area contributed by atoms with E-state index in [-0.39, 0.29) is 53.2 Å². The topological polar surface area (TPSA) is 272 Å². The Morgan fingerprint density at radius 1 is 0.719 bits per heavy atom. The lowest BCUT2D eigenvalue weighted by Gasteiger charge is -2.15. The summed E-state index contributed by atoms with van der Waals surface area (Å²) < 4.78 is 38.8. The van der Waals surface area contributed by atoms with Crippen LogP contribution in [-0.2, 0) is 22.4 Å². The molecule has 0 aliphatic rings. The fraction of sp³-hybridized carbons (Fsp3) is 0.139. The molecule has 0 bridgehead atoms. The average Bonchev–Trinajstić information content (AvgIpc) is 3.95. The highest BCUT2D eigenvalue weighted by Crippen LogP contribution is 2.27. The van der Waals surface area contributed by atoms with Crippen molar-refractivity contribution in [2.75, 3.05) is 17.2 Å². The van der Waals surface area contributed by atoms with Crippen LogP contribution in [0.15, 0.2) is 86.0 Å². The standard InChI is InChI=1S/C36H29F2N11O8/c37-23-14-21(34(52)53)28(42-32(50)26-4-6-30(46-44-26)48-10-8-40-17-48)12-19(23)2-1-3-20-13-29(22(15-24(20)38)36(56)57-16-25(39)35(54)55)43-33(51)27-5-7-31(47-45-27)49-11-9-41-18-49/h4-15,17-18,25H,1-3,16,39H2,(H,42,50)(H,43,51)(H,52,53)(H,54,55)/t25-/m0/s1. The van der Waals surface area contributed by atoms with E-state index in [1.807, 2.05) is 0 Å². The summed E-state index contributed by atoms with van der Waals surface area (Å²) in [6, 6.07) is 7.94. The number of rotatable bonds is 15. The van der Waals surface area contributed by atoms with E-state index >= 15 is 8.78 Å². The lowest BCUT2D eigenvalue weighted by molar-refractivity contribution is -0.139. The molecule has 6 aromatic rings. The summed E-state index contributed by atoms with van der Waals surface area (Å²) in [6.45, 7) is -0.757. The van der Waals surface area contributed by atoms with Crippen LogP contribution in [0.2, 0.25) is 0 Å². The third-order valence-corrected chi connectivity index (χ3v) is 8.23. The Hall–Kier alpha value is -7.81. The number of imidazole rings is 2. The molecule has 4 aromatic heterocycles. The number of aromatic nitrogens is 8. The summed E-state index contributed by atoms with van der Waals surface area (Å²) in [5.41, 5.74) is 3.58. The molecule has 0 unspecified atom stereocenters. The van der Waals surface area contributed by atoms with Gasteiger partial charge in [0, 0.05) is 24.8 Å². The lowest BCUT2D eigenvalue weighted by atomic mass is 9.99. The molecular weight excluding hydrogens is 752 g/mol. The molecule has 0 aliphatic carbocycles. The molecule has 0 radical (unpaired) electrons. The smallest absolute Gasteiger partial charge is 0.340 e. The minimum Gasteiger partial charge on any atom is -0.480 e. The summed E-state index contributed by atoms with van der Waals surface area (Å²) in [4.78, 5) is 70.1. The average molecular weight is 782 g/mol. The Bertz CT molecular complexity index is 2450. The van der Waals surface area contributed by atoms with E-state index in [2.05, 4.69) is 41.0 Å². The molecule has 2 amide bonds. The molecule has 1 atom stereocenters. The number of hydrogen-bond donors (Lipinski definition) is 5. The Kier molecular flexibility index (Phi) is 11.7. The van der Waals surface area contributed by atoms with Crippen LogP contribution in [0.1, 0.15) is 59.2 Å². The van der Waals surface area contributed by atoms with Crippen molar-refractivity contribution in [3.63, 3.8) is 0 Å². The molecule has 0 aliphatic heterocycles. The van der Waals surface area contributed by atoms with E-state index in [4.69, 9.17) is 15.6 Å². The first-order valence-corrected chi connectivity index (χ1v) is 16.7.